The minimum atomic E-state index is -0.184. The zero-order valence-electron chi connectivity index (χ0n) is 52.5. The maximum Gasteiger partial charge on any atom is 0.252 e. The molecule has 2 unspecified atom stereocenters. The Bertz CT molecular complexity index is 4320. The van der Waals surface area contributed by atoms with Gasteiger partial charge in [0.25, 0.3) is 6.71 Å². The van der Waals surface area contributed by atoms with Crippen molar-refractivity contribution < 1.29 is 0 Å². The molecule has 0 amide bonds. The van der Waals surface area contributed by atoms with E-state index in [0.29, 0.717) is 0 Å². The smallest absolute Gasteiger partial charge is 0.252 e. The summed E-state index contributed by atoms with van der Waals surface area (Å²) in [5, 5.41) is 2.67. The predicted molar refractivity (Wildman–Crippen MR) is 363 cm³/mol. The van der Waals surface area contributed by atoms with E-state index in [1.54, 1.807) is 0 Å². The summed E-state index contributed by atoms with van der Waals surface area (Å²) in [6, 6.07) is 59.0. The zero-order chi connectivity index (χ0) is 58.2. The first-order chi connectivity index (χ1) is 39.8. The second-order valence-electron chi connectivity index (χ2n) is 31.6. The molecule has 4 heterocycles. The van der Waals surface area contributed by atoms with Crippen LogP contribution in [-0.4, -0.2) is 12.3 Å². The molecule has 3 nitrogen and oxygen atoms in total. The van der Waals surface area contributed by atoms with Crippen LogP contribution in [0.25, 0.3) is 31.3 Å². The van der Waals surface area contributed by atoms with E-state index in [1.165, 1.54) is 164 Å². The van der Waals surface area contributed by atoms with Crippen molar-refractivity contribution in [3.63, 3.8) is 0 Å². The molecular formula is C79H84BN3S. The standard InChI is InChI=1S/C79H84BN3S/c1-72(2)35-36-73(3,4)55-40-50(30-31-54(55)72)81-65-45-58-56(74(5,6)37-38-75(58,7)8)43-61(65)80-62-44-57-59(77(11,12)47-76(57,9)10)46-66(62)82(64-27-22-26-53-52-25-18-19-28-69(52)84-71(53)64)68-42-51(41-67(81)70(68)80)83-63-32-29-49(48-23-16-15-17-24-48)39-60(63)78(13)33-20-21-34-79(78,83)14/h15-19,22-32,39-46H,20-21,33-38,47H2,1-14H3. The van der Waals surface area contributed by atoms with E-state index >= 15 is 0 Å². The summed E-state index contributed by atoms with van der Waals surface area (Å²) in [6.45, 7) is 35.4. The van der Waals surface area contributed by atoms with E-state index in [9.17, 15) is 0 Å². The Balaban J connectivity index is 1.07. The van der Waals surface area contributed by atoms with Crippen molar-refractivity contribution in [1.29, 1.82) is 0 Å². The molecule has 9 aromatic rings. The summed E-state index contributed by atoms with van der Waals surface area (Å²) in [4.78, 5) is 8.50. The lowest BCUT2D eigenvalue weighted by Crippen LogP contribution is -2.62. The summed E-state index contributed by atoms with van der Waals surface area (Å²) in [5.74, 6) is 0. The van der Waals surface area contributed by atoms with Gasteiger partial charge in [0.1, 0.15) is 0 Å². The highest BCUT2D eigenvalue weighted by Gasteiger charge is 2.59. The maximum absolute atomic E-state index is 2.88. The maximum atomic E-state index is 2.88. The number of nitrogens with zero attached hydrogens (tertiary/aromatic N) is 3. The molecule has 16 rings (SSSR count). The van der Waals surface area contributed by atoms with E-state index in [-0.39, 0.29) is 50.2 Å². The average molecular weight is 1120 g/mol. The molecule has 84 heavy (non-hydrogen) atoms. The highest BCUT2D eigenvalue weighted by molar-refractivity contribution is 7.26. The Labute approximate surface area is 505 Å². The minimum absolute atomic E-state index is 0.000915. The lowest BCUT2D eigenvalue weighted by Gasteiger charge is -2.51. The first-order valence-corrected chi connectivity index (χ1v) is 32.9. The molecule has 424 valence electrons. The molecule has 0 spiro atoms. The number of fused-ring (bicyclic) bond motifs is 13. The van der Waals surface area contributed by atoms with Gasteiger partial charge in [-0.25, -0.2) is 0 Å². The van der Waals surface area contributed by atoms with Gasteiger partial charge in [0.15, 0.2) is 0 Å². The van der Waals surface area contributed by atoms with Crippen molar-refractivity contribution in [2.24, 2.45) is 0 Å². The summed E-state index contributed by atoms with van der Waals surface area (Å²) < 4.78 is 2.68. The summed E-state index contributed by atoms with van der Waals surface area (Å²) in [6.07, 6.45) is 10.5. The molecule has 3 aliphatic heterocycles. The Morgan fingerprint density at radius 1 is 0.369 bits per heavy atom. The predicted octanol–water partition coefficient (Wildman–Crippen LogP) is 20.2. The lowest BCUT2D eigenvalue weighted by molar-refractivity contribution is 0.195. The lowest BCUT2D eigenvalue weighted by atomic mass is 9.33. The van der Waals surface area contributed by atoms with Crippen molar-refractivity contribution in [3.05, 3.63) is 185 Å². The number of anilines is 8. The molecule has 5 heteroatoms. The van der Waals surface area contributed by atoms with Crippen molar-refractivity contribution in [1.82, 2.24) is 0 Å². The van der Waals surface area contributed by atoms with Gasteiger partial charge in [0.05, 0.1) is 15.9 Å². The van der Waals surface area contributed by atoms with Crippen molar-refractivity contribution in [3.8, 4) is 11.1 Å². The van der Waals surface area contributed by atoms with Gasteiger partial charge in [-0.1, -0.05) is 188 Å². The number of rotatable bonds is 4. The third-order valence-corrected chi connectivity index (χ3v) is 24.9. The molecule has 1 aromatic heterocycles. The van der Waals surface area contributed by atoms with Crippen LogP contribution in [0.3, 0.4) is 0 Å². The monoisotopic (exact) mass is 1120 g/mol. The van der Waals surface area contributed by atoms with Gasteiger partial charge < -0.3 is 14.7 Å². The molecule has 0 radical (unpaired) electrons. The fraction of sp³-hybridized carbons (Fsp3) is 0.392. The van der Waals surface area contributed by atoms with Crippen molar-refractivity contribution in [2.75, 3.05) is 14.7 Å². The summed E-state index contributed by atoms with van der Waals surface area (Å²) >= 11 is 1.97. The number of thiophene rings is 1. The fourth-order valence-electron chi connectivity index (χ4n) is 18.7. The molecule has 0 bridgehead atoms. The van der Waals surface area contributed by atoms with Crippen LogP contribution in [0, 0.1) is 0 Å². The van der Waals surface area contributed by atoms with Gasteiger partial charge >= 0.3 is 0 Å². The van der Waals surface area contributed by atoms with Gasteiger partial charge in [0.2, 0.25) is 0 Å². The molecule has 2 atom stereocenters. The first kappa shape index (κ1) is 53.0. The Hall–Kier alpha value is -6.56. The largest absolute Gasteiger partial charge is 0.334 e. The van der Waals surface area contributed by atoms with Crippen LogP contribution in [0.1, 0.15) is 194 Å². The highest BCUT2D eigenvalue weighted by atomic mass is 32.1. The van der Waals surface area contributed by atoms with Crippen LogP contribution in [0.15, 0.2) is 146 Å². The minimum Gasteiger partial charge on any atom is -0.334 e. The molecule has 0 N–H and O–H groups in total. The topological polar surface area (TPSA) is 9.72 Å². The zero-order valence-corrected chi connectivity index (χ0v) is 53.4. The number of benzene rings is 8. The van der Waals surface area contributed by atoms with Crippen molar-refractivity contribution in [2.45, 2.75) is 198 Å². The average Bonchev–Trinajstić information content (AvgIpc) is 1.16. The van der Waals surface area contributed by atoms with Crippen LogP contribution in [0.5, 0.6) is 0 Å². The van der Waals surface area contributed by atoms with E-state index in [0.717, 1.165) is 25.7 Å². The molecular weight excluding hydrogens is 1030 g/mol. The fourth-order valence-corrected chi connectivity index (χ4v) is 19.9. The summed E-state index contributed by atoms with van der Waals surface area (Å²) in [7, 11) is 0. The third-order valence-electron chi connectivity index (χ3n) is 23.7. The molecule has 8 aromatic carbocycles. The molecule has 1 fully saturated rings. The number of hydrogen-bond acceptors (Lipinski definition) is 4. The molecule has 1 saturated carbocycles. The van der Waals surface area contributed by atoms with Gasteiger partial charge in [-0.15, -0.1) is 11.3 Å². The Kier molecular flexibility index (Phi) is 10.8. The van der Waals surface area contributed by atoms with Crippen LogP contribution >= 0.6 is 11.3 Å². The Morgan fingerprint density at radius 2 is 0.929 bits per heavy atom. The van der Waals surface area contributed by atoms with E-state index in [1.807, 2.05) is 11.3 Å². The Morgan fingerprint density at radius 3 is 1.62 bits per heavy atom. The van der Waals surface area contributed by atoms with Gasteiger partial charge in [-0.3, -0.25) is 0 Å². The van der Waals surface area contributed by atoms with Gasteiger partial charge in [0, 0.05) is 60.7 Å². The molecule has 0 saturated heterocycles. The van der Waals surface area contributed by atoms with Gasteiger partial charge in [-0.2, -0.15) is 0 Å². The van der Waals surface area contributed by atoms with E-state index < -0.39 is 0 Å². The van der Waals surface area contributed by atoms with Crippen LogP contribution in [-0.2, 0) is 37.9 Å². The van der Waals surface area contributed by atoms with Crippen LogP contribution in [0.4, 0.5) is 45.5 Å². The van der Waals surface area contributed by atoms with E-state index in [4.69, 9.17) is 0 Å². The SMILES string of the molecule is CC1(C)CCC(C)(C)c2cc(N3c4cc5c(cc4B4c6cc7c(cc6N(c6cccc8c6sc6ccccc68)c6cc(N8c9ccc(-c%10ccccc%10)cc9C9(C)CCCCC89C)cc3c64)C(C)(C)CC7(C)C)C(C)(C)CCC5(C)C)ccc21. The number of hydrogen-bond donors (Lipinski definition) is 0. The quantitative estimate of drug-likeness (QED) is 0.163. The highest BCUT2D eigenvalue weighted by Crippen LogP contribution is 2.63. The second kappa shape index (κ2) is 17.1. The van der Waals surface area contributed by atoms with Crippen LogP contribution in [0.2, 0.25) is 0 Å². The van der Waals surface area contributed by atoms with E-state index in [2.05, 4.69) is 257 Å². The van der Waals surface area contributed by atoms with Crippen LogP contribution < -0.4 is 31.1 Å². The van der Waals surface area contributed by atoms with Gasteiger partial charge in [-0.05, 0) is 211 Å². The molecule has 4 aliphatic carbocycles. The molecule has 7 aliphatic rings. The third kappa shape index (κ3) is 7.11. The summed E-state index contributed by atoms with van der Waals surface area (Å²) in [5.41, 5.74) is 27.9. The normalized spacial score (nSPS) is 23.7. The first-order valence-electron chi connectivity index (χ1n) is 32.0. The second-order valence-corrected chi connectivity index (χ2v) is 32.7. The van der Waals surface area contributed by atoms with Crippen molar-refractivity contribution >= 4 is 100 Å².